The highest BCUT2D eigenvalue weighted by molar-refractivity contribution is 6.58. The van der Waals surface area contributed by atoms with Crippen LogP contribution in [0.2, 0.25) is 0 Å². The molecule has 1 aromatic heterocycles. The SMILES string of the molecule is CCNc1ccc(B(O)O)c(F)n1. The van der Waals surface area contributed by atoms with Gasteiger partial charge >= 0.3 is 7.12 Å². The van der Waals surface area contributed by atoms with Gasteiger partial charge < -0.3 is 15.4 Å². The summed E-state index contributed by atoms with van der Waals surface area (Å²) in [5, 5.41) is 20.2. The highest BCUT2D eigenvalue weighted by Crippen LogP contribution is 2.01. The van der Waals surface area contributed by atoms with Crippen molar-refractivity contribution in [3.05, 3.63) is 18.1 Å². The first kappa shape index (κ1) is 9.95. The van der Waals surface area contributed by atoms with E-state index in [1.807, 2.05) is 6.92 Å². The number of anilines is 1. The first-order valence-corrected chi connectivity index (χ1v) is 3.91. The molecule has 0 aliphatic heterocycles. The Balaban J connectivity index is 2.92. The van der Waals surface area contributed by atoms with E-state index in [0.29, 0.717) is 12.4 Å². The van der Waals surface area contributed by atoms with E-state index >= 15 is 0 Å². The van der Waals surface area contributed by atoms with Crippen LogP contribution in [-0.2, 0) is 0 Å². The zero-order chi connectivity index (χ0) is 9.84. The summed E-state index contributed by atoms with van der Waals surface area (Å²) < 4.78 is 13.0. The minimum absolute atomic E-state index is 0.221. The molecule has 0 amide bonds. The maximum absolute atomic E-state index is 13.0. The summed E-state index contributed by atoms with van der Waals surface area (Å²) in [6, 6.07) is 2.77. The third kappa shape index (κ3) is 2.40. The maximum atomic E-state index is 13.0. The van der Waals surface area contributed by atoms with Crippen LogP contribution in [0.15, 0.2) is 12.1 Å². The van der Waals surface area contributed by atoms with Crippen LogP contribution in [-0.4, -0.2) is 28.7 Å². The van der Waals surface area contributed by atoms with Gasteiger partial charge in [0.1, 0.15) is 5.82 Å². The van der Waals surface area contributed by atoms with Crippen LogP contribution in [0.25, 0.3) is 0 Å². The molecule has 3 N–H and O–H groups in total. The zero-order valence-corrected chi connectivity index (χ0v) is 7.16. The molecule has 0 saturated heterocycles. The number of rotatable bonds is 3. The van der Waals surface area contributed by atoms with Gasteiger partial charge in [-0.05, 0) is 13.0 Å². The highest BCUT2D eigenvalue weighted by Gasteiger charge is 2.17. The molecule has 0 atom stereocenters. The second-order valence-electron chi connectivity index (χ2n) is 2.48. The minimum atomic E-state index is -1.82. The van der Waals surface area contributed by atoms with Crippen LogP contribution in [0.5, 0.6) is 0 Å². The van der Waals surface area contributed by atoms with Crippen molar-refractivity contribution in [1.82, 2.24) is 4.98 Å². The molecule has 13 heavy (non-hydrogen) atoms. The van der Waals surface area contributed by atoms with Gasteiger partial charge in [0.05, 0.1) is 0 Å². The average Bonchev–Trinajstić information content (AvgIpc) is 2.04. The van der Waals surface area contributed by atoms with Gasteiger partial charge in [-0.3, -0.25) is 0 Å². The Morgan fingerprint density at radius 1 is 1.54 bits per heavy atom. The molecule has 0 aliphatic carbocycles. The number of halogens is 1. The largest absolute Gasteiger partial charge is 0.493 e. The van der Waals surface area contributed by atoms with Crippen molar-refractivity contribution in [3.63, 3.8) is 0 Å². The molecule has 0 aromatic carbocycles. The maximum Gasteiger partial charge on any atom is 0.493 e. The zero-order valence-electron chi connectivity index (χ0n) is 7.16. The van der Waals surface area contributed by atoms with Crippen molar-refractivity contribution in [2.24, 2.45) is 0 Å². The topological polar surface area (TPSA) is 65.4 Å². The first-order valence-electron chi connectivity index (χ1n) is 3.91. The van der Waals surface area contributed by atoms with E-state index in [0.717, 1.165) is 0 Å². The lowest BCUT2D eigenvalue weighted by Crippen LogP contribution is -2.33. The molecule has 0 saturated carbocycles. The van der Waals surface area contributed by atoms with Crippen LogP contribution in [0, 0.1) is 5.95 Å². The minimum Gasteiger partial charge on any atom is -0.423 e. The van der Waals surface area contributed by atoms with E-state index < -0.39 is 13.1 Å². The number of pyridine rings is 1. The third-order valence-corrected chi connectivity index (χ3v) is 1.51. The van der Waals surface area contributed by atoms with Crippen LogP contribution < -0.4 is 10.8 Å². The van der Waals surface area contributed by atoms with E-state index in [-0.39, 0.29) is 5.46 Å². The molecule has 4 nitrogen and oxygen atoms in total. The Bertz CT molecular complexity index is 296. The summed E-state index contributed by atoms with van der Waals surface area (Å²) in [6.07, 6.45) is 0. The van der Waals surface area contributed by atoms with Gasteiger partial charge in [-0.15, -0.1) is 0 Å². The summed E-state index contributed by atoms with van der Waals surface area (Å²) in [5.41, 5.74) is -0.221. The van der Waals surface area contributed by atoms with Crippen molar-refractivity contribution in [3.8, 4) is 0 Å². The van der Waals surface area contributed by atoms with Crippen molar-refractivity contribution < 1.29 is 14.4 Å². The van der Waals surface area contributed by atoms with E-state index in [2.05, 4.69) is 10.3 Å². The predicted octanol–water partition coefficient (Wildman–Crippen LogP) is -0.668. The molecule has 1 aromatic rings. The summed E-state index contributed by atoms with van der Waals surface area (Å²) in [4.78, 5) is 3.49. The molecule has 0 aliphatic rings. The van der Waals surface area contributed by atoms with Crippen LogP contribution in [0.3, 0.4) is 0 Å². The quantitative estimate of drug-likeness (QED) is 0.430. The average molecular weight is 184 g/mol. The molecule has 6 heteroatoms. The van der Waals surface area contributed by atoms with Crippen LogP contribution in [0.1, 0.15) is 6.92 Å². The molecule has 1 heterocycles. The Kier molecular flexibility index (Phi) is 3.22. The fraction of sp³-hybridized carbons (Fsp3) is 0.286. The van der Waals surface area contributed by atoms with Crippen molar-refractivity contribution >= 4 is 18.4 Å². The fourth-order valence-corrected chi connectivity index (χ4v) is 0.917. The number of nitrogens with zero attached hydrogens (tertiary/aromatic N) is 1. The fourth-order valence-electron chi connectivity index (χ4n) is 0.917. The Morgan fingerprint density at radius 2 is 2.23 bits per heavy atom. The standard InChI is InChI=1S/C7H10BFN2O2/c1-2-10-6-4-3-5(8(12)13)7(9)11-6/h3-4,12-13H,2H2,1H3,(H,10,11). The monoisotopic (exact) mass is 184 g/mol. The molecule has 0 unspecified atom stereocenters. The molecular weight excluding hydrogens is 174 g/mol. The predicted molar refractivity (Wildman–Crippen MR) is 48.2 cm³/mol. The van der Waals surface area contributed by atoms with Gasteiger partial charge in [0, 0.05) is 12.0 Å². The van der Waals surface area contributed by atoms with E-state index in [1.54, 1.807) is 0 Å². The molecular formula is C7H10BFN2O2. The normalized spacial score (nSPS) is 9.85. The Morgan fingerprint density at radius 3 is 2.69 bits per heavy atom. The Hall–Kier alpha value is -1.14. The molecule has 70 valence electrons. The molecule has 1 rings (SSSR count). The summed E-state index contributed by atoms with van der Waals surface area (Å²) >= 11 is 0. The number of hydrogen-bond donors (Lipinski definition) is 3. The van der Waals surface area contributed by atoms with Gasteiger partial charge in [-0.25, -0.2) is 4.98 Å². The smallest absolute Gasteiger partial charge is 0.423 e. The van der Waals surface area contributed by atoms with Gasteiger partial charge in [-0.2, -0.15) is 4.39 Å². The van der Waals surface area contributed by atoms with Gasteiger partial charge in [-0.1, -0.05) is 6.07 Å². The van der Waals surface area contributed by atoms with E-state index in [4.69, 9.17) is 10.0 Å². The Labute approximate surface area is 75.6 Å². The number of hydrogen-bond acceptors (Lipinski definition) is 4. The summed E-state index contributed by atoms with van der Waals surface area (Å²) in [6.45, 7) is 2.49. The summed E-state index contributed by atoms with van der Waals surface area (Å²) in [7, 11) is -1.82. The second-order valence-corrected chi connectivity index (χ2v) is 2.48. The molecule has 0 radical (unpaired) electrons. The number of aromatic nitrogens is 1. The van der Waals surface area contributed by atoms with Crippen LogP contribution in [0.4, 0.5) is 10.2 Å². The first-order chi connectivity index (χ1) is 6.15. The van der Waals surface area contributed by atoms with Crippen molar-refractivity contribution in [2.75, 3.05) is 11.9 Å². The second kappa shape index (κ2) is 4.20. The van der Waals surface area contributed by atoms with Crippen molar-refractivity contribution in [1.29, 1.82) is 0 Å². The molecule has 0 fully saturated rings. The highest BCUT2D eigenvalue weighted by atomic mass is 19.1. The van der Waals surface area contributed by atoms with E-state index in [9.17, 15) is 4.39 Å². The molecule has 0 bridgehead atoms. The lowest BCUT2D eigenvalue weighted by Gasteiger charge is -2.04. The third-order valence-electron chi connectivity index (χ3n) is 1.51. The summed E-state index contributed by atoms with van der Waals surface area (Å²) in [5.74, 6) is -0.488. The lowest BCUT2D eigenvalue weighted by molar-refractivity contribution is 0.422. The lowest BCUT2D eigenvalue weighted by atomic mass is 9.81. The van der Waals surface area contributed by atoms with Gasteiger partial charge in [0.2, 0.25) is 5.95 Å². The van der Waals surface area contributed by atoms with Crippen LogP contribution >= 0.6 is 0 Å². The number of nitrogens with one attached hydrogen (secondary N) is 1. The van der Waals surface area contributed by atoms with Gasteiger partial charge in [0.15, 0.2) is 0 Å². The van der Waals surface area contributed by atoms with Gasteiger partial charge in [0.25, 0.3) is 0 Å². The van der Waals surface area contributed by atoms with E-state index in [1.165, 1.54) is 12.1 Å². The van der Waals surface area contributed by atoms with Crippen molar-refractivity contribution in [2.45, 2.75) is 6.92 Å². The molecule has 0 spiro atoms.